The lowest BCUT2D eigenvalue weighted by Gasteiger charge is -2.49. The molecule has 0 nitrogen and oxygen atoms in total. The fourth-order valence-corrected chi connectivity index (χ4v) is 20.1. The van der Waals surface area contributed by atoms with E-state index in [0.29, 0.717) is 0 Å². The maximum atomic E-state index is 2.57. The molecular weight excluding hydrogens is 705 g/mol. The van der Waals surface area contributed by atoms with Gasteiger partial charge in [-0.05, 0) is 47.4 Å². The quantitative estimate of drug-likeness (QED) is 0.0758. The van der Waals surface area contributed by atoms with Gasteiger partial charge in [0.25, 0.3) is 0 Å². The Morgan fingerprint density at radius 1 is 0.286 bits per heavy atom. The first kappa shape index (κ1) is 35.4. The van der Waals surface area contributed by atoms with Crippen molar-refractivity contribution in [2.45, 2.75) is 11.0 Å². The predicted octanol–water partition coefficient (Wildman–Crippen LogP) is 7.92. The molecule has 0 aromatic heterocycles. The van der Waals surface area contributed by atoms with Crippen LogP contribution in [0.3, 0.4) is 0 Å². The van der Waals surface area contributed by atoms with E-state index >= 15 is 0 Å². The molecule has 2 heteroatoms. The molecule has 56 heavy (non-hydrogen) atoms. The summed E-state index contributed by atoms with van der Waals surface area (Å²) in [5.41, 5.74) is 2.61. The van der Waals surface area contributed by atoms with Crippen LogP contribution >= 0.6 is 0 Å². The standard InChI is InChI=1S/C54H44Si2/c1-8-22-46(23-9-1)54(56(51-30-16-5-17-31-51,52-32-18-6-19-33-52)53-34-20-7-21-35-53)42-40-45(41-43-54)44-36-38-50(39-37-44)55(47-24-10-2-11-25-47,48-26-12-3-13-27-48)49-28-14-4-15-29-49/h1-43,45H. The van der Waals surface area contributed by atoms with Gasteiger partial charge >= 0.3 is 0 Å². The predicted molar refractivity (Wildman–Crippen MR) is 243 cm³/mol. The third kappa shape index (κ3) is 5.90. The summed E-state index contributed by atoms with van der Waals surface area (Å²) in [6.07, 6.45) is 10.1. The molecule has 0 atom stereocenters. The first-order valence-electron chi connectivity index (χ1n) is 19.6. The van der Waals surface area contributed by atoms with E-state index in [4.69, 9.17) is 0 Å². The molecule has 0 spiro atoms. The summed E-state index contributed by atoms with van der Waals surface area (Å²) in [7, 11) is -5.47. The molecule has 0 bridgehead atoms. The van der Waals surface area contributed by atoms with Gasteiger partial charge in [-0.25, -0.2) is 0 Å². The topological polar surface area (TPSA) is 0 Å². The van der Waals surface area contributed by atoms with E-state index in [9.17, 15) is 0 Å². The highest BCUT2D eigenvalue weighted by Gasteiger charge is 2.56. The Bertz CT molecular complexity index is 2330. The lowest BCUT2D eigenvalue weighted by atomic mass is 9.86. The summed E-state index contributed by atoms with van der Waals surface area (Å²) < 4.78 is 0. The van der Waals surface area contributed by atoms with Crippen LogP contribution in [0.2, 0.25) is 0 Å². The fourth-order valence-electron chi connectivity index (χ4n) is 9.53. The molecule has 1 aliphatic carbocycles. The lowest BCUT2D eigenvalue weighted by Crippen LogP contribution is -2.77. The fraction of sp³-hybridized carbons (Fsp3) is 0.0370. The summed E-state index contributed by atoms with van der Waals surface area (Å²) in [5.74, 6) is 0.135. The Hall–Kier alpha value is -6.33. The number of hydrogen-bond donors (Lipinski definition) is 0. The minimum absolute atomic E-state index is 0.135. The summed E-state index contributed by atoms with van der Waals surface area (Å²) in [5, 5.41) is 9.33. The van der Waals surface area contributed by atoms with Crippen molar-refractivity contribution < 1.29 is 0 Å². The molecule has 0 saturated carbocycles. The average Bonchev–Trinajstić information content (AvgIpc) is 3.30. The largest absolute Gasteiger partial charge is 0.179 e. The molecular formula is C54H44Si2. The first-order chi connectivity index (χ1) is 27.8. The van der Waals surface area contributed by atoms with Gasteiger partial charge in [-0.3, -0.25) is 0 Å². The highest BCUT2D eigenvalue weighted by atomic mass is 28.3. The van der Waals surface area contributed by atoms with Crippen LogP contribution < -0.4 is 36.3 Å². The minimum atomic E-state index is -2.86. The SMILES string of the molecule is C1=CC(c2ccccc2)([Si](c2ccccc2)(c2ccccc2)c2ccccc2)C=CC1c1ccc([Si](c2ccccc2)(c2ccccc2)c2ccccc2)cc1. The Labute approximate surface area is 333 Å². The van der Waals surface area contributed by atoms with Crippen LogP contribution in [0.1, 0.15) is 17.0 Å². The van der Waals surface area contributed by atoms with Crippen LogP contribution in [0.4, 0.5) is 0 Å². The molecule has 1 aliphatic rings. The van der Waals surface area contributed by atoms with E-state index in [0.717, 1.165) is 0 Å². The minimum Gasteiger partial charge on any atom is -0.0763 e. The van der Waals surface area contributed by atoms with E-state index in [1.165, 1.54) is 47.4 Å². The Morgan fingerprint density at radius 2 is 0.571 bits per heavy atom. The van der Waals surface area contributed by atoms with E-state index in [2.05, 4.69) is 261 Å². The zero-order valence-electron chi connectivity index (χ0n) is 31.4. The second-order valence-electron chi connectivity index (χ2n) is 14.8. The third-order valence-electron chi connectivity index (χ3n) is 12.0. The molecule has 0 heterocycles. The normalized spacial score (nSPS) is 16.7. The second-order valence-corrected chi connectivity index (χ2v) is 22.7. The molecule has 9 rings (SSSR count). The summed E-state index contributed by atoms with van der Waals surface area (Å²) >= 11 is 0. The molecule has 0 unspecified atom stereocenters. The maximum Gasteiger partial charge on any atom is 0.179 e. The Morgan fingerprint density at radius 3 is 0.911 bits per heavy atom. The van der Waals surface area contributed by atoms with Crippen LogP contribution in [0, 0.1) is 0 Å². The van der Waals surface area contributed by atoms with Gasteiger partial charge in [0.15, 0.2) is 16.1 Å². The molecule has 268 valence electrons. The van der Waals surface area contributed by atoms with Crippen LogP contribution in [0.15, 0.2) is 261 Å². The van der Waals surface area contributed by atoms with Crippen LogP contribution in [0.5, 0.6) is 0 Å². The van der Waals surface area contributed by atoms with Crippen molar-refractivity contribution in [2.24, 2.45) is 0 Å². The van der Waals surface area contributed by atoms with Gasteiger partial charge in [0, 0.05) is 11.0 Å². The molecule has 0 fully saturated rings. The number of benzene rings is 8. The first-order valence-corrected chi connectivity index (χ1v) is 23.6. The molecule has 0 saturated heterocycles. The number of allylic oxidation sites excluding steroid dienone is 4. The van der Waals surface area contributed by atoms with Gasteiger partial charge in [0.05, 0.1) is 0 Å². The molecule has 0 amide bonds. The van der Waals surface area contributed by atoms with Crippen molar-refractivity contribution >= 4 is 52.5 Å². The molecule has 0 N–H and O–H groups in total. The molecule has 8 aromatic rings. The number of rotatable bonds is 10. The van der Waals surface area contributed by atoms with Crippen LogP contribution in [0.25, 0.3) is 0 Å². The van der Waals surface area contributed by atoms with Crippen LogP contribution in [-0.2, 0) is 5.04 Å². The molecule has 8 aromatic carbocycles. The smallest absolute Gasteiger partial charge is 0.0763 e. The van der Waals surface area contributed by atoms with Gasteiger partial charge in [-0.1, -0.05) is 261 Å². The van der Waals surface area contributed by atoms with Crippen molar-refractivity contribution in [1.82, 2.24) is 0 Å². The summed E-state index contributed by atoms with van der Waals surface area (Å²) in [4.78, 5) is 0. The molecule has 0 radical (unpaired) electrons. The maximum absolute atomic E-state index is 2.86. The Balaban J connectivity index is 1.21. The third-order valence-corrected chi connectivity index (χ3v) is 22.2. The lowest BCUT2D eigenvalue weighted by molar-refractivity contribution is 0.874. The van der Waals surface area contributed by atoms with Gasteiger partial charge < -0.3 is 0 Å². The van der Waals surface area contributed by atoms with E-state index < -0.39 is 21.2 Å². The van der Waals surface area contributed by atoms with Crippen molar-refractivity contribution in [2.75, 3.05) is 0 Å². The van der Waals surface area contributed by atoms with Crippen LogP contribution in [-0.4, -0.2) is 16.1 Å². The monoisotopic (exact) mass is 748 g/mol. The van der Waals surface area contributed by atoms with Crippen molar-refractivity contribution in [3.63, 3.8) is 0 Å². The zero-order chi connectivity index (χ0) is 37.7. The van der Waals surface area contributed by atoms with Crippen molar-refractivity contribution in [3.05, 3.63) is 272 Å². The van der Waals surface area contributed by atoms with Crippen molar-refractivity contribution in [3.8, 4) is 0 Å². The van der Waals surface area contributed by atoms with Crippen molar-refractivity contribution in [1.29, 1.82) is 0 Å². The highest BCUT2D eigenvalue weighted by molar-refractivity contribution is 7.20. The summed E-state index contributed by atoms with van der Waals surface area (Å²) in [6.45, 7) is 0. The average molecular weight is 749 g/mol. The number of hydrogen-bond acceptors (Lipinski definition) is 0. The highest BCUT2D eigenvalue weighted by Crippen LogP contribution is 2.42. The Kier molecular flexibility index (Phi) is 9.75. The van der Waals surface area contributed by atoms with E-state index in [1.807, 2.05) is 0 Å². The zero-order valence-corrected chi connectivity index (χ0v) is 33.4. The van der Waals surface area contributed by atoms with Gasteiger partial charge in [-0.2, -0.15) is 0 Å². The van der Waals surface area contributed by atoms with Gasteiger partial charge in [0.2, 0.25) is 0 Å². The second kappa shape index (κ2) is 15.4. The van der Waals surface area contributed by atoms with Gasteiger partial charge in [0.1, 0.15) is 0 Å². The van der Waals surface area contributed by atoms with Gasteiger partial charge in [-0.15, -0.1) is 0 Å². The van der Waals surface area contributed by atoms with E-state index in [-0.39, 0.29) is 5.92 Å². The molecule has 0 aliphatic heterocycles. The summed E-state index contributed by atoms with van der Waals surface area (Å²) in [6, 6.07) is 88.3. The van der Waals surface area contributed by atoms with E-state index in [1.54, 1.807) is 0 Å².